The first-order chi connectivity index (χ1) is 7.79. The minimum atomic E-state index is -0.662. The van der Waals surface area contributed by atoms with Crippen molar-refractivity contribution in [3.05, 3.63) is 0 Å². The number of carboxylic acids is 1. The van der Waals surface area contributed by atoms with Gasteiger partial charge in [-0.25, -0.2) is 0 Å². The molecular formula is C13H22O3. The van der Waals surface area contributed by atoms with Gasteiger partial charge in [0.15, 0.2) is 0 Å². The molecule has 2 rings (SSSR count). The van der Waals surface area contributed by atoms with E-state index in [1.165, 1.54) is 38.5 Å². The van der Waals surface area contributed by atoms with Crippen LogP contribution in [0.4, 0.5) is 0 Å². The highest BCUT2D eigenvalue weighted by Gasteiger charge is 2.46. The highest BCUT2D eigenvalue weighted by Crippen LogP contribution is 2.36. The summed E-state index contributed by atoms with van der Waals surface area (Å²) in [6, 6.07) is 0. The number of hydrogen-bond donors (Lipinski definition) is 1. The summed E-state index contributed by atoms with van der Waals surface area (Å²) >= 11 is 0. The molecule has 0 bridgehead atoms. The normalized spacial score (nSPS) is 36.6. The predicted molar refractivity (Wildman–Crippen MR) is 61.3 cm³/mol. The second-order valence-electron chi connectivity index (χ2n) is 5.14. The van der Waals surface area contributed by atoms with Crippen LogP contribution in [0, 0.1) is 5.92 Å². The molecule has 3 heteroatoms. The van der Waals surface area contributed by atoms with Gasteiger partial charge in [0.05, 0.1) is 18.1 Å². The van der Waals surface area contributed by atoms with Gasteiger partial charge in [-0.15, -0.1) is 0 Å². The number of ether oxygens (including phenoxy) is 1. The molecule has 1 N–H and O–H groups in total. The van der Waals surface area contributed by atoms with Crippen LogP contribution in [0.1, 0.15) is 57.8 Å². The van der Waals surface area contributed by atoms with Gasteiger partial charge in [0.1, 0.15) is 0 Å². The lowest BCUT2D eigenvalue weighted by Gasteiger charge is -2.10. The molecule has 16 heavy (non-hydrogen) atoms. The molecule has 0 aromatic heterocycles. The Hall–Kier alpha value is -0.570. The fourth-order valence-electron chi connectivity index (χ4n) is 2.76. The van der Waals surface area contributed by atoms with Gasteiger partial charge in [0, 0.05) is 0 Å². The van der Waals surface area contributed by atoms with Crippen molar-refractivity contribution in [1.82, 2.24) is 0 Å². The Balaban J connectivity index is 1.85. The largest absolute Gasteiger partial charge is 0.481 e. The minimum absolute atomic E-state index is 0.0249. The Morgan fingerprint density at radius 3 is 2.12 bits per heavy atom. The highest BCUT2D eigenvalue weighted by atomic mass is 16.6. The van der Waals surface area contributed by atoms with Crippen molar-refractivity contribution in [2.24, 2.45) is 5.92 Å². The van der Waals surface area contributed by atoms with Crippen LogP contribution in [0.3, 0.4) is 0 Å². The summed E-state index contributed by atoms with van der Waals surface area (Å²) in [4.78, 5) is 11.1. The Labute approximate surface area is 97.2 Å². The molecular weight excluding hydrogens is 204 g/mol. The van der Waals surface area contributed by atoms with E-state index in [0.29, 0.717) is 0 Å². The lowest BCUT2D eigenvalue weighted by molar-refractivity contribution is -0.142. The van der Waals surface area contributed by atoms with Crippen LogP contribution < -0.4 is 0 Å². The maximum Gasteiger partial charge on any atom is 0.309 e. The monoisotopic (exact) mass is 226 g/mol. The molecule has 0 radical (unpaired) electrons. The van der Waals surface area contributed by atoms with Crippen molar-refractivity contribution < 1.29 is 14.6 Å². The van der Waals surface area contributed by atoms with Crippen LogP contribution in [-0.2, 0) is 9.53 Å². The summed E-state index contributed by atoms with van der Waals surface area (Å²) in [6.45, 7) is 0. The van der Waals surface area contributed by atoms with Gasteiger partial charge in [-0.1, -0.05) is 44.9 Å². The van der Waals surface area contributed by atoms with E-state index in [1.54, 1.807) is 0 Å². The summed E-state index contributed by atoms with van der Waals surface area (Å²) in [5.74, 6) is -0.908. The molecule has 92 valence electrons. The zero-order chi connectivity index (χ0) is 11.4. The van der Waals surface area contributed by atoms with Crippen molar-refractivity contribution in [2.45, 2.75) is 70.0 Å². The second kappa shape index (κ2) is 5.67. The number of rotatable bonds is 1. The van der Waals surface area contributed by atoms with Gasteiger partial charge < -0.3 is 9.84 Å². The first kappa shape index (κ1) is 11.9. The maximum absolute atomic E-state index is 11.1. The molecule has 1 saturated heterocycles. The molecule has 0 spiro atoms. The molecule has 3 atom stereocenters. The van der Waals surface area contributed by atoms with Gasteiger partial charge in [0.25, 0.3) is 0 Å². The van der Waals surface area contributed by atoms with E-state index in [4.69, 9.17) is 9.84 Å². The van der Waals surface area contributed by atoms with Gasteiger partial charge in [-0.2, -0.15) is 0 Å². The van der Waals surface area contributed by atoms with Crippen molar-refractivity contribution >= 4 is 5.97 Å². The Bertz CT molecular complexity index is 239. The fraction of sp³-hybridized carbons (Fsp3) is 0.923. The van der Waals surface area contributed by atoms with Gasteiger partial charge in [-0.3, -0.25) is 4.79 Å². The van der Waals surface area contributed by atoms with Gasteiger partial charge in [0.2, 0.25) is 0 Å². The van der Waals surface area contributed by atoms with Crippen LogP contribution in [-0.4, -0.2) is 23.3 Å². The maximum atomic E-state index is 11.1. The number of hydrogen-bond acceptors (Lipinski definition) is 2. The summed E-state index contributed by atoms with van der Waals surface area (Å²) in [5, 5.41) is 9.16. The zero-order valence-corrected chi connectivity index (χ0v) is 9.86. The number of epoxide rings is 1. The van der Waals surface area contributed by atoms with Crippen LogP contribution in [0.25, 0.3) is 0 Å². The third kappa shape index (κ3) is 3.21. The van der Waals surface area contributed by atoms with Crippen LogP contribution >= 0.6 is 0 Å². The highest BCUT2D eigenvalue weighted by molar-refractivity contribution is 5.71. The second-order valence-corrected chi connectivity index (χ2v) is 5.14. The molecule has 2 fully saturated rings. The smallest absolute Gasteiger partial charge is 0.309 e. The van der Waals surface area contributed by atoms with E-state index in [-0.39, 0.29) is 18.1 Å². The van der Waals surface area contributed by atoms with Crippen molar-refractivity contribution in [3.8, 4) is 0 Å². The quantitative estimate of drug-likeness (QED) is 0.699. The molecule has 0 amide bonds. The number of fused-ring (bicyclic) bond motifs is 1. The topological polar surface area (TPSA) is 49.8 Å². The molecule has 0 aromatic carbocycles. The van der Waals surface area contributed by atoms with Crippen LogP contribution in [0.2, 0.25) is 0 Å². The molecule has 3 unspecified atom stereocenters. The zero-order valence-electron chi connectivity index (χ0n) is 9.86. The molecule has 3 nitrogen and oxygen atoms in total. The average Bonchev–Trinajstić information content (AvgIpc) is 2.96. The molecule has 1 saturated carbocycles. The lowest BCUT2D eigenvalue weighted by atomic mass is 9.93. The molecule has 1 aliphatic carbocycles. The fourth-order valence-corrected chi connectivity index (χ4v) is 2.76. The van der Waals surface area contributed by atoms with Gasteiger partial charge >= 0.3 is 5.97 Å². The van der Waals surface area contributed by atoms with E-state index in [2.05, 4.69) is 0 Å². The lowest BCUT2D eigenvalue weighted by Crippen LogP contribution is -2.21. The Kier molecular flexibility index (Phi) is 4.22. The van der Waals surface area contributed by atoms with Crippen LogP contribution in [0.5, 0.6) is 0 Å². The van der Waals surface area contributed by atoms with E-state index in [0.717, 1.165) is 19.3 Å². The molecule has 2 aliphatic rings. The van der Waals surface area contributed by atoms with E-state index < -0.39 is 5.97 Å². The van der Waals surface area contributed by atoms with E-state index in [9.17, 15) is 4.79 Å². The summed E-state index contributed by atoms with van der Waals surface area (Å²) < 4.78 is 5.52. The average molecular weight is 226 g/mol. The Morgan fingerprint density at radius 1 is 0.938 bits per heavy atom. The standard InChI is InChI=1S/C13H22O3/c14-13(15)10-8-6-4-2-1-3-5-7-9-11-12(10)16-11/h10-12H,1-9H2,(H,14,15). The SMILES string of the molecule is O=C(O)C1CCCCCCCCCC2OC21. The third-order valence-electron chi connectivity index (χ3n) is 3.84. The van der Waals surface area contributed by atoms with E-state index in [1.807, 2.05) is 0 Å². The first-order valence-corrected chi connectivity index (χ1v) is 6.67. The number of carboxylic acid groups (broad SMARTS) is 1. The first-order valence-electron chi connectivity index (χ1n) is 6.67. The van der Waals surface area contributed by atoms with E-state index >= 15 is 0 Å². The summed E-state index contributed by atoms with van der Waals surface area (Å²) in [6.07, 6.45) is 10.8. The molecule has 1 heterocycles. The summed E-state index contributed by atoms with van der Waals surface area (Å²) in [7, 11) is 0. The summed E-state index contributed by atoms with van der Waals surface area (Å²) in [5.41, 5.74) is 0. The van der Waals surface area contributed by atoms with Crippen molar-refractivity contribution in [1.29, 1.82) is 0 Å². The van der Waals surface area contributed by atoms with Crippen molar-refractivity contribution in [3.63, 3.8) is 0 Å². The number of carbonyl (C=O) groups is 1. The third-order valence-corrected chi connectivity index (χ3v) is 3.84. The Morgan fingerprint density at radius 2 is 1.50 bits per heavy atom. The van der Waals surface area contributed by atoms with Gasteiger partial charge in [-0.05, 0) is 12.8 Å². The van der Waals surface area contributed by atoms with Crippen molar-refractivity contribution in [2.75, 3.05) is 0 Å². The number of aliphatic carboxylic acids is 1. The predicted octanol–water partition coefficient (Wildman–Crippen LogP) is 2.98. The minimum Gasteiger partial charge on any atom is -0.481 e. The van der Waals surface area contributed by atoms with Crippen LogP contribution in [0.15, 0.2) is 0 Å². The molecule has 0 aromatic rings. The molecule has 1 aliphatic heterocycles.